The fraction of sp³-hybridized carbons (Fsp3) is 0.900. The molecular formula is C10H16O4. The van der Waals surface area contributed by atoms with Crippen LogP contribution in [0.2, 0.25) is 0 Å². The Morgan fingerprint density at radius 1 is 1.50 bits per heavy atom. The largest absolute Gasteiger partial charge is 0.481 e. The molecule has 2 aliphatic rings. The Bertz CT molecular complexity index is 239. The van der Waals surface area contributed by atoms with E-state index in [9.17, 15) is 4.79 Å². The molecule has 80 valence electrons. The molecule has 1 N–H and O–H groups in total. The van der Waals surface area contributed by atoms with E-state index in [1.54, 1.807) is 0 Å². The molecule has 1 unspecified atom stereocenters. The Morgan fingerprint density at radius 2 is 2.21 bits per heavy atom. The minimum atomic E-state index is -0.704. The molecule has 0 aromatic carbocycles. The normalized spacial score (nSPS) is 34.4. The molecular weight excluding hydrogens is 184 g/mol. The summed E-state index contributed by atoms with van der Waals surface area (Å²) in [6.07, 6.45) is 3.11. The molecule has 2 fully saturated rings. The zero-order chi connectivity index (χ0) is 10.2. The molecule has 0 radical (unpaired) electrons. The first kappa shape index (κ1) is 9.93. The van der Waals surface area contributed by atoms with Crippen LogP contribution in [0.4, 0.5) is 0 Å². The van der Waals surface area contributed by atoms with Crippen LogP contribution in [-0.2, 0) is 14.3 Å². The molecule has 0 bridgehead atoms. The lowest BCUT2D eigenvalue weighted by atomic mass is 9.87. The van der Waals surface area contributed by atoms with Crippen molar-refractivity contribution in [3.63, 3.8) is 0 Å². The van der Waals surface area contributed by atoms with E-state index in [2.05, 4.69) is 0 Å². The number of ether oxygens (including phenoxy) is 2. The third-order valence-electron chi connectivity index (χ3n) is 3.13. The second-order valence-corrected chi connectivity index (χ2v) is 4.81. The molecule has 0 aromatic rings. The molecule has 1 saturated heterocycles. The van der Waals surface area contributed by atoms with Gasteiger partial charge >= 0.3 is 5.97 Å². The topological polar surface area (TPSA) is 55.8 Å². The second-order valence-electron chi connectivity index (χ2n) is 4.81. The van der Waals surface area contributed by atoms with Crippen molar-refractivity contribution in [1.29, 1.82) is 0 Å². The zero-order valence-electron chi connectivity index (χ0n) is 8.41. The van der Waals surface area contributed by atoms with E-state index in [1.165, 1.54) is 0 Å². The Hall–Kier alpha value is -0.610. The number of hydrogen-bond acceptors (Lipinski definition) is 3. The van der Waals surface area contributed by atoms with Gasteiger partial charge in [-0.2, -0.15) is 0 Å². The van der Waals surface area contributed by atoms with Crippen molar-refractivity contribution in [2.24, 2.45) is 5.41 Å². The highest BCUT2D eigenvalue weighted by atomic mass is 16.7. The van der Waals surface area contributed by atoms with Gasteiger partial charge in [-0.1, -0.05) is 0 Å². The smallest absolute Gasteiger partial charge is 0.303 e. The van der Waals surface area contributed by atoms with Crippen molar-refractivity contribution in [3.05, 3.63) is 0 Å². The average Bonchev–Trinajstić information content (AvgIpc) is 2.63. The van der Waals surface area contributed by atoms with Gasteiger partial charge in [-0.3, -0.25) is 4.79 Å². The van der Waals surface area contributed by atoms with Crippen molar-refractivity contribution >= 4 is 5.97 Å². The fourth-order valence-electron chi connectivity index (χ4n) is 2.29. The Kier molecular flexibility index (Phi) is 2.27. The molecule has 1 saturated carbocycles. The molecule has 4 heteroatoms. The van der Waals surface area contributed by atoms with Crippen molar-refractivity contribution in [2.45, 2.75) is 38.2 Å². The van der Waals surface area contributed by atoms with Crippen molar-refractivity contribution < 1.29 is 19.4 Å². The van der Waals surface area contributed by atoms with Crippen LogP contribution >= 0.6 is 0 Å². The molecule has 1 aliphatic carbocycles. The SMILES string of the molecule is CC1(CC2(CC(=O)O)CC2)COCO1. The van der Waals surface area contributed by atoms with Gasteiger partial charge in [0.05, 0.1) is 18.6 Å². The summed E-state index contributed by atoms with van der Waals surface area (Å²) in [6.45, 7) is 2.94. The van der Waals surface area contributed by atoms with Crippen LogP contribution < -0.4 is 0 Å². The van der Waals surface area contributed by atoms with E-state index < -0.39 is 5.97 Å². The summed E-state index contributed by atoms with van der Waals surface area (Å²) in [5, 5.41) is 8.77. The Balaban J connectivity index is 1.92. The third kappa shape index (κ3) is 2.07. The van der Waals surface area contributed by atoms with Crippen LogP contribution in [0.3, 0.4) is 0 Å². The van der Waals surface area contributed by atoms with Gasteiger partial charge in [-0.25, -0.2) is 0 Å². The predicted molar refractivity (Wildman–Crippen MR) is 48.8 cm³/mol. The summed E-state index contributed by atoms with van der Waals surface area (Å²) in [5.74, 6) is -0.704. The monoisotopic (exact) mass is 200 g/mol. The minimum absolute atomic E-state index is 0.00567. The number of carboxylic acid groups (broad SMARTS) is 1. The Morgan fingerprint density at radius 3 is 2.64 bits per heavy atom. The average molecular weight is 200 g/mol. The van der Waals surface area contributed by atoms with Crippen LogP contribution in [0.1, 0.15) is 32.6 Å². The van der Waals surface area contributed by atoms with Gasteiger partial charge < -0.3 is 14.6 Å². The molecule has 1 heterocycles. The van der Waals surface area contributed by atoms with E-state index in [4.69, 9.17) is 14.6 Å². The van der Waals surface area contributed by atoms with E-state index in [0.29, 0.717) is 13.4 Å². The highest BCUT2D eigenvalue weighted by Crippen LogP contribution is 2.55. The summed E-state index contributed by atoms with van der Waals surface area (Å²) in [4.78, 5) is 10.7. The summed E-state index contributed by atoms with van der Waals surface area (Å²) in [7, 11) is 0. The van der Waals surface area contributed by atoms with Gasteiger partial charge in [0.25, 0.3) is 0 Å². The fourth-order valence-corrected chi connectivity index (χ4v) is 2.29. The van der Waals surface area contributed by atoms with Gasteiger partial charge in [0.15, 0.2) is 0 Å². The lowest BCUT2D eigenvalue weighted by Crippen LogP contribution is -2.31. The standard InChI is InChI=1S/C10H16O4/c1-9(6-13-7-14-9)5-10(2-3-10)4-8(11)12/h2-7H2,1H3,(H,11,12). The third-order valence-corrected chi connectivity index (χ3v) is 3.13. The number of carboxylic acids is 1. The van der Waals surface area contributed by atoms with E-state index in [0.717, 1.165) is 19.3 Å². The molecule has 0 aromatic heterocycles. The van der Waals surface area contributed by atoms with E-state index in [1.807, 2.05) is 6.92 Å². The van der Waals surface area contributed by atoms with Gasteiger partial charge in [-0.15, -0.1) is 0 Å². The van der Waals surface area contributed by atoms with Gasteiger partial charge in [-0.05, 0) is 31.6 Å². The van der Waals surface area contributed by atoms with E-state index in [-0.39, 0.29) is 17.4 Å². The van der Waals surface area contributed by atoms with Gasteiger partial charge in [0, 0.05) is 0 Å². The lowest BCUT2D eigenvalue weighted by molar-refractivity contribution is -0.139. The van der Waals surface area contributed by atoms with Gasteiger partial charge in [0.2, 0.25) is 0 Å². The molecule has 0 amide bonds. The maximum atomic E-state index is 10.7. The first-order valence-corrected chi connectivity index (χ1v) is 4.97. The van der Waals surface area contributed by atoms with Crippen LogP contribution in [0.25, 0.3) is 0 Å². The first-order chi connectivity index (χ1) is 6.54. The van der Waals surface area contributed by atoms with Crippen molar-refractivity contribution in [2.75, 3.05) is 13.4 Å². The zero-order valence-corrected chi connectivity index (χ0v) is 8.41. The molecule has 4 nitrogen and oxygen atoms in total. The summed E-state index contributed by atoms with van der Waals surface area (Å²) in [6, 6.07) is 0. The van der Waals surface area contributed by atoms with Gasteiger partial charge in [0.1, 0.15) is 6.79 Å². The summed E-state index contributed by atoms with van der Waals surface area (Å²) in [5.41, 5.74) is -0.264. The summed E-state index contributed by atoms with van der Waals surface area (Å²) < 4.78 is 10.7. The first-order valence-electron chi connectivity index (χ1n) is 4.97. The maximum Gasteiger partial charge on any atom is 0.303 e. The maximum absolute atomic E-state index is 10.7. The quantitative estimate of drug-likeness (QED) is 0.745. The van der Waals surface area contributed by atoms with Crippen molar-refractivity contribution in [1.82, 2.24) is 0 Å². The minimum Gasteiger partial charge on any atom is -0.481 e. The number of carbonyl (C=O) groups is 1. The number of hydrogen-bond donors (Lipinski definition) is 1. The number of aliphatic carboxylic acids is 1. The highest BCUT2D eigenvalue weighted by Gasteiger charge is 2.50. The molecule has 0 spiro atoms. The lowest BCUT2D eigenvalue weighted by Gasteiger charge is -2.26. The second kappa shape index (κ2) is 3.21. The van der Waals surface area contributed by atoms with Crippen LogP contribution in [0.15, 0.2) is 0 Å². The highest BCUT2D eigenvalue weighted by molar-refractivity contribution is 5.68. The Labute approximate surface area is 83.2 Å². The number of rotatable bonds is 4. The molecule has 2 rings (SSSR count). The molecule has 14 heavy (non-hydrogen) atoms. The van der Waals surface area contributed by atoms with Crippen LogP contribution in [0, 0.1) is 5.41 Å². The summed E-state index contributed by atoms with van der Waals surface area (Å²) >= 11 is 0. The molecule has 1 aliphatic heterocycles. The van der Waals surface area contributed by atoms with Crippen LogP contribution in [0.5, 0.6) is 0 Å². The predicted octanol–water partition coefficient (Wildman–Crippen LogP) is 1.39. The molecule has 1 atom stereocenters. The van der Waals surface area contributed by atoms with Crippen LogP contribution in [-0.4, -0.2) is 30.1 Å². The van der Waals surface area contributed by atoms with E-state index >= 15 is 0 Å². The van der Waals surface area contributed by atoms with Crippen molar-refractivity contribution in [3.8, 4) is 0 Å².